The van der Waals surface area contributed by atoms with Gasteiger partial charge in [0.15, 0.2) is 0 Å². The number of carbonyl (C=O) groups is 1. The molecule has 35 heavy (non-hydrogen) atoms. The third kappa shape index (κ3) is 6.84. The average molecular weight is 649 g/mol. The predicted molar refractivity (Wildman–Crippen MR) is 140 cm³/mol. The maximum atomic E-state index is 12.5. The molecule has 0 atom stereocenters. The Balaban J connectivity index is 1.75. The number of halogens is 2. The first-order chi connectivity index (χ1) is 16.7. The van der Waals surface area contributed by atoms with Crippen LogP contribution in [0.3, 0.4) is 0 Å². The van der Waals surface area contributed by atoms with E-state index < -0.39 is 15.8 Å². The van der Waals surface area contributed by atoms with Gasteiger partial charge in [-0.3, -0.25) is 25.0 Å². The number of amides is 1. The van der Waals surface area contributed by atoms with E-state index in [1.807, 2.05) is 6.07 Å². The van der Waals surface area contributed by atoms with Crippen molar-refractivity contribution in [2.45, 2.75) is 6.61 Å². The quantitative estimate of drug-likeness (QED) is 0.104. The van der Waals surface area contributed by atoms with Crippen molar-refractivity contribution in [2.24, 2.45) is 0 Å². The number of nitriles is 1. The molecule has 0 spiro atoms. The highest BCUT2D eigenvalue weighted by Gasteiger charge is 2.14. The number of rotatable bonds is 8. The number of anilines is 1. The van der Waals surface area contributed by atoms with Gasteiger partial charge in [0.1, 0.15) is 24.0 Å². The van der Waals surface area contributed by atoms with E-state index in [0.29, 0.717) is 19.4 Å². The summed E-state index contributed by atoms with van der Waals surface area (Å²) in [7, 11) is 0. The van der Waals surface area contributed by atoms with E-state index in [1.165, 1.54) is 42.5 Å². The molecule has 176 valence electrons. The minimum Gasteiger partial charge on any atom is -0.487 e. The van der Waals surface area contributed by atoms with Crippen LogP contribution in [0.15, 0.2) is 70.7 Å². The molecule has 0 bridgehead atoms. The monoisotopic (exact) mass is 648 g/mol. The van der Waals surface area contributed by atoms with Crippen molar-refractivity contribution in [1.82, 2.24) is 0 Å². The molecule has 3 rings (SSSR count). The Hall–Kier alpha value is -3.83. The van der Waals surface area contributed by atoms with Crippen molar-refractivity contribution in [1.29, 1.82) is 5.26 Å². The fourth-order valence-electron chi connectivity index (χ4n) is 2.88. The number of ether oxygens (including phenoxy) is 1. The van der Waals surface area contributed by atoms with Gasteiger partial charge < -0.3 is 10.1 Å². The van der Waals surface area contributed by atoms with Crippen LogP contribution in [0.2, 0.25) is 0 Å². The molecule has 0 saturated carbocycles. The van der Waals surface area contributed by atoms with Gasteiger partial charge in [-0.2, -0.15) is 5.26 Å². The lowest BCUT2D eigenvalue weighted by atomic mass is 10.1. The summed E-state index contributed by atoms with van der Waals surface area (Å²) in [6.45, 7) is 0.177. The molecule has 0 aliphatic heterocycles. The second kappa shape index (κ2) is 11.5. The van der Waals surface area contributed by atoms with Crippen molar-refractivity contribution in [3.05, 3.63) is 106 Å². The first kappa shape index (κ1) is 25.8. The number of hydrogen-bond donors (Lipinski definition) is 1. The van der Waals surface area contributed by atoms with E-state index in [4.69, 9.17) is 4.74 Å². The number of non-ortho nitro benzene ring substituents is 2. The Kier molecular flexibility index (Phi) is 8.50. The van der Waals surface area contributed by atoms with Crippen LogP contribution in [0, 0.1) is 35.1 Å². The van der Waals surface area contributed by atoms with Crippen LogP contribution in [-0.4, -0.2) is 15.8 Å². The van der Waals surface area contributed by atoms with Crippen molar-refractivity contribution in [3.63, 3.8) is 0 Å². The van der Waals surface area contributed by atoms with E-state index in [1.54, 1.807) is 24.3 Å². The van der Waals surface area contributed by atoms with E-state index in [0.717, 1.165) is 5.56 Å². The Morgan fingerprint density at radius 2 is 1.77 bits per heavy atom. The molecule has 0 fully saturated rings. The van der Waals surface area contributed by atoms with Gasteiger partial charge in [0.2, 0.25) is 0 Å². The minimum atomic E-state index is -0.711. The molecule has 10 nitrogen and oxygen atoms in total. The van der Waals surface area contributed by atoms with Crippen LogP contribution in [0.1, 0.15) is 11.1 Å². The molecule has 0 aliphatic carbocycles. The van der Waals surface area contributed by atoms with Gasteiger partial charge >= 0.3 is 0 Å². The second-order valence-electron chi connectivity index (χ2n) is 6.96. The maximum absolute atomic E-state index is 12.5. The third-order valence-corrected chi connectivity index (χ3v) is 5.93. The number of benzene rings is 3. The summed E-state index contributed by atoms with van der Waals surface area (Å²) < 4.78 is 7.13. The lowest BCUT2D eigenvalue weighted by Crippen LogP contribution is -2.13. The first-order valence-corrected chi connectivity index (χ1v) is 11.6. The standard InChI is InChI=1S/C23H14BrIN4O6/c24-20-9-15(8-16(12-26)23(30)27-17-2-1-3-19(11-17)29(33)34)10-21(25)22(20)35-13-14-4-6-18(7-5-14)28(31)32/h1-11H,13H2,(H,27,30)/b16-8+. The number of carbonyl (C=O) groups excluding carboxylic acids is 1. The molecule has 0 unspecified atom stereocenters. The smallest absolute Gasteiger partial charge is 0.271 e. The molecule has 0 heterocycles. The molecule has 0 saturated heterocycles. The number of nitro groups is 2. The highest BCUT2D eigenvalue weighted by Crippen LogP contribution is 2.33. The molecule has 0 radical (unpaired) electrons. The summed E-state index contributed by atoms with van der Waals surface area (Å²) in [5.41, 5.74) is 1.09. The highest BCUT2D eigenvalue weighted by molar-refractivity contribution is 14.1. The minimum absolute atomic E-state index is 0.0107. The summed E-state index contributed by atoms with van der Waals surface area (Å²) in [4.78, 5) is 33.2. The molecular weight excluding hydrogens is 635 g/mol. The zero-order valence-electron chi connectivity index (χ0n) is 17.6. The topological polar surface area (TPSA) is 148 Å². The van der Waals surface area contributed by atoms with Crippen LogP contribution < -0.4 is 10.1 Å². The first-order valence-electron chi connectivity index (χ1n) is 9.70. The van der Waals surface area contributed by atoms with E-state index in [9.17, 15) is 30.3 Å². The number of nitro benzene ring substituents is 2. The molecule has 3 aromatic carbocycles. The summed E-state index contributed by atoms with van der Waals surface area (Å²) in [5.74, 6) is -0.182. The van der Waals surface area contributed by atoms with E-state index in [2.05, 4.69) is 43.8 Å². The molecular formula is C23H14BrIN4O6. The summed E-state index contributed by atoms with van der Waals surface area (Å²) >= 11 is 5.48. The average Bonchev–Trinajstić information content (AvgIpc) is 2.82. The number of nitrogens with one attached hydrogen (secondary N) is 1. The number of nitrogens with zero attached hydrogens (tertiary/aromatic N) is 3. The predicted octanol–water partition coefficient (Wildman–Crippen LogP) is 5.99. The van der Waals surface area contributed by atoms with E-state index >= 15 is 0 Å². The largest absolute Gasteiger partial charge is 0.487 e. The SMILES string of the molecule is N#C/C(=C\c1cc(Br)c(OCc2ccc([N+](=O)[O-])cc2)c(I)c1)C(=O)Nc1cccc([N+](=O)[O-])c1. The Bertz CT molecular complexity index is 1360. The van der Waals surface area contributed by atoms with Crippen LogP contribution in [0.5, 0.6) is 5.75 Å². The molecule has 0 aliphatic rings. The molecule has 12 heteroatoms. The van der Waals surface area contributed by atoms with Crippen molar-refractivity contribution >= 4 is 67.6 Å². The lowest BCUT2D eigenvalue weighted by Gasteiger charge is -2.12. The van der Waals surface area contributed by atoms with E-state index in [-0.39, 0.29) is 29.2 Å². The molecule has 1 N–H and O–H groups in total. The van der Waals surface area contributed by atoms with Crippen LogP contribution >= 0.6 is 38.5 Å². The lowest BCUT2D eigenvalue weighted by molar-refractivity contribution is -0.385. The Labute approximate surface area is 220 Å². The van der Waals surface area contributed by atoms with Crippen LogP contribution in [0.25, 0.3) is 6.08 Å². The zero-order chi connectivity index (χ0) is 25.5. The second-order valence-corrected chi connectivity index (χ2v) is 8.97. The normalized spacial score (nSPS) is 10.8. The van der Waals surface area contributed by atoms with Gasteiger partial charge in [-0.25, -0.2) is 0 Å². The van der Waals surface area contributed by atoms with Crippen LogP contribution in [-0.2, 0) is 11.4 Å². The Morgan fingerprint density at radius 3 is 2.37 bits per heavy atom. The zero-order valence-corrected chi connectivity index (χ0v) is 21.3. The number of hydrogen-bond acceptors (Lipinski definition) is 7. The fraction of sp³-hybridized carbons (Fsp3) is 0.0435. The summed E-state index contributed by atoms with van der Waals surface area (Å²) in [5, 5.41) is 33.6. The Morgan fingerprint density at radius 1 is 1.09 bits per heavy atom. The van der Waals surface area contributed by atoms with Gasteiger partial charge in [-0.05, 0) is 86.1 Å². The summed E-state index contributed by atoms with van der Waals surface area (Å²) in [6.07, 6.45) is 1.39. The fourth-order valence-corrected chi connectivity index (χ4v) is 4.65. The van der Waals surface area contributed by atoms with Gasteiger partial charge in [0.05, 0.1) is 17.9 Å². The third-order valence-electron chi connectivity index (χ3n) is 4.54. The van der Waals surface area contributed by atoms with Gasteiger partial charge in [-0.1, -0.05) is 6.07 Å². The molecule has 0 aromatic heterocycles. The highest BCUT2D eigenvalue weighted by atomic mass is 127. The van der Waals surface area contributed by atoms with Crippen molar-refractivity contribution in [2.75, 3.05) is 5.32 Å². The summed E-state index contributed by atoms with van der Waals surface area (Å²) in [6, 6.07) is 16.6. The van der Waals surface area contributed by atoms with Gasteiger partial charge in [0.25, 0.3) is 17.3 Å². The molecule has 3 aromatic rings. The van der Waals surface area contributed by atoms with Crippen molar-refractivity contribution < 1.29 is 19.4 Å². The van der Waals surface area contributed by atoms with Gasteiger partial charge in [-0.15, -0.1) is 0 Å². The molecule has 1 amide bonds. The van der Waals surface area contributed by atoms with Gasteiger partial charge in [0, 0.05) is 30.0 Å². The van der Waals surface area contributed by atoms with Crippen LogP contribution in [0.4, 0.5) is 17.1 Å². The maximum Gasteiger partial charge on any atom is 0.271 e. The van der Waals surface area contributed by atoms with Crippen molar-refractivity contribution in [3.8, 4) is 11.8 Å².